The van der Waals surface area contributed by atoms with Crippen LogP contribution in [0.15, 0.2) is 24.3 Å². The lowest BCUT2D eigenvalue weighted by Gasteiger charge is -2.37. The van der Waals surface area contributed by atoms with Crippen LogP contribution < -0.4 is 4.74 Å². The van der Waals surface area contributed by atoms with Gasteiger partial charge in [-0.2, -0.15) is 0 Å². The molecule has 0 spiro atoms. The van der Waals surface area contributed by atoms with Crippen LogP contribution in [-0.4, -0.2) is 49.0 Å². The summed E-state index contributed by atoms with van der Waals surface area (Å²) in [6.45, 7) is 7.72. The maximum Gasteiger partial charge on any atom is 0.125 e. The SMILES string of the molecule is CCOCCN(CC)C1COc2ccccc2C1O. The predicted molar refractivity (Wildman–Crippen MR) is 74.4 cm³/mol. The molecule has 0 fully saturated rings. The first kappa shape index (κ1) is 14.3. The Labute approximate surface area is 114 Å². The number of ether oxygens (including phenoxy) is 2. The fourth-order valence-corrected chi connectivity index (χ4v) is 2.52. The standard InChI is InChI=1S/C15H23NO3/c1-3-16(9-10-18-4-2)13-11-19-14-8-6-5-7-12(14)15(13)17/h5-8,13,15,17H,3-4,9-11H2,1-2H3. The van der Waals surface area contributed by atoms with Gasteiger partial charge in [-0.1, -0.05) is 25.1 Å². The van der Waals surface area contributed by atoms with E-state index in [2.05, 4.69) is 11.8 Å². The summed E-state index contributed by atoms with van der Waals surface area (Å²) in [6, 6.07) is 7.71. The summed E-state index contributed by atoms with van der Waals surface area (Å²) in [4.78, 5) is 2.22. The van der Waals surface area contributed by atoms with Crippen molar-refractivity contribution in [1.82, 2.24) is 4.90 Å². The van der Waals surface area contributed by atoms with Gasteiger partial charge in [0.15, 0.2) is 0 Å². The van der Waals surface area contributed by atoms with E-state index < -0.39 is 6.10 Å². The summed E-state index contributed by atoms with van der Waals surface area (Å²) in [5.74, 6) is 0.798. The van der Waals surface area contributed by atoms with E-state index in [0.717, 1.165) is 31.0 Å². The average molecular weight is 265 g/mol. The molecule has 2 atom stereocenters. The number of hydrogen-bond donors (Lipinski definition) is 1. The van der Waals surface area contributed by atoms with Crippen molar-refractivity contribution in [3.63, 3.8) is 0 Å². The van der Waals surface area contributed by atoms with Crippen molar-refractivity contribution in [2.45, 2.75) is 26.0 Å². The molecular weight excluding hydrogens is 242 g/mol. The third-order valence-corrected chi connectivity index (χ3v) is 3.61. The van der Waals surface area contributed by atoms with E-state index >= 15 is 0 Å². The zero-order chi connectivity index (χ0) is 13.7. The second-order valence-electron chi connectivity index (χ2n) is 4.69. The van der Waals surface area contributed by atoms with Gasteiger partial charge in [-0.15, -0.1) is 0 Å². The molecule has 0 radical (unpaired) electrons. The van der Waals surface area contributed by atoms with E-state index in [1.807, 2.05) is 31.2 Å². The van der Waals surface area contributed by atoms with Crippen LogP contribution in [0.1, 0.15) is 25.5 Å². The molecule has 0 saturated carbocycles. The third-order valence-electron chi connectivity index (χ3n) is 3.61. The first-order valence-corrected chi connectivity index (χ1v) is 6.99. The highest BCUT2D eigenvalue weighted by molar-refractivity contribution is 5.37. The number of hydrogen-bond acceptors (Lipinski definition) is 4. The smallest absolute Gasteiger partial charge is 0.125 e. The highest BCUT2D eigenvalue weighted by atomic mass is 16.5. The number of likely N-dealkylation sites (N-methyl/N-ethyl adjacent to an activating group) is 1. The Morgan fingerprint density at radius 3 is 2.89 bits per heavy atom. The molecule has 1 aromatic carbocycles. The van der Waals surface area contributed by atoms with Gasteiger partial charge < -0.3 is 14.6 Å². The van der Waals surface area contributed by atoms with Crippen LogP contribution in [0, 0.1) is 0 Å². The van der Waals surface area contributed by atoms with E-state index in [1.54, 1.807) is 0 Å². The highest BCUT2D eigenvalue weighted by Crippen LogP contribution is 2.33. The van der Waals surface area contributed by atoms with Crippen LogP contribution in [0.2, 0.25) is 0 Å². The normalized spacial score (nSPS) is 22.1. The molecular formula is C15H23NO3. The summed E-state index contributed by atoms with van der Waals surface area (Å²) in [5, 5.41) is 10.5. The first-order chi connectivity index (χ1) is 9.27. The molecule has 1 aliphatic heterocycles. The molecule has 0 saturated heterocycles. The maximum atomic E-state index is 10.5. The van der Waals surface area contributed by atoms with E-state index in [1.165, 1.54) is 0 Å². The van der Waals surface area contributed by atoms with Gasteiger partial charge >= 0.3 is 0 Å². The van der Waals surface area contributed by atoms with Crippen LogP contribution in [0.3, 0.4) is 0 Å². The van der Waals surface area contributed by atoms with Crippen molar-refractivity contribution < 1.29 is 14.6 Å². The summed E-state index contributed by atoms with van der Waals surface area (Å²) in [5.41, 5.74) is 0.883. The molecule has 4 nitrogen and oxygen atoms in total. The Morgan fingerprint density at radius 2 is 2.16 bits per heavy atom. The number of nitrogens with zero attached hydrogens (tertiary/aromatic N) is 1. The minimum atomic E-state index is -0.494. The lowest BCUT2D eigenvalue weighted by Crippen LogP contribution is -2.47. The molecule has 1 aliphatic rings. The van der Waals surface area contributed by atoms with Gasteiger partial charge in [-0.25, -0.2) is 0 Å². The molecule has 4 heteroatoms. The topological polar surface area (TPSA) is 41.9 Å². The van der Waals surface area contributed by atoms with Crippen LogP contribution in [-0.2, 0) is 4.74 Å². The van der Waals surface area contributed by atoms with E-state index in [4.69, 9.17) is 9.47 Å². The van der Waals surface area contributed by atoms with Gasteiger partial charge in [-0.05, 0) is 19.5 Å². The number of aliphatic hydroxyl groups is 1. The zero-order valence-corrected chi connectivity index (χ0v) is 11.7. The number of benzene rings is 1. The minimum absolute atomic E-state index is 0.000330. The van der Waals surface area contributed by atoms with Crippen molar-refractivity contribution in [2.75, 3.05) is 32.9 Å². The summed E-state index contributed by atoms with van der Waals surface area (Å²) < 4.78 is 11.2. The number of para-hydroxylation sites is 1. The summed E-state index contributed by atoms with van der Waals surface area (Å²) in [6.07, 6.45) is -0.494. The van der Waals surface area contributed by atoms with Gasteiger partial charge in [0.05, 0.1) is 12.6 Å². The first-order valence-electron chi connectivity index (χ1n) is 6.99. The van der Waals surface area contributed by atoms with Crippen molar-refractivity contribution in [1.29, 1.82) is 0 Å². The van der Waals surface area contributed by atoms with Crippen molar-refractivity contribution in [3.8, 4) is 5.75 Å². The highest BCUT2D eigenvalue weighted by Gasteiger charge is 2.32. The fourth-order valence-electron chi connectivity index (χ4n) is 2.52. The Kier molecular flexibility index (Phi) is 5.19. The van der Waals surface area contributed by atoms with Crippen LogP contribution >= 0.6 is 0 Å². The Morgan fingerprint density at radius 1 is 1.37 bits per heavy atom. The molecule has 1 N–H and O–H groups in total. The molecule has 1 aromatic rings. The molecule has 0 aliphatic carbocycles. The fraction of sp³-hybridized carbons (Fsp3) is 0.600. The van der Waals surface area contributed by atoms with Gasteiger partial charge in [0.25, 0.3) is 0 Å². The quantitative estimate of drug-likeness (QED) is 0.797. The Hall–Kier alpha value is -1.10. The largest absolute Gasteiger partial charge is 0.491 e. The van der Waals surface area contributed by atoms with E-state index in [0.29, 0.717) is 13.2 Å². The number of fused-ring (bicyclic) bond motifs is 1. The second kappa shape index (κ2) is 6.89. The molecule has 2 rings (SSSR count). The molecule has 0 bridgehead atoms. The van der Waals surface area contributed by atoms with Crippen LogP contribution in [0.25, 0.3) is 0 Å². The van der Waals surface area contributed by atoms with Crippen LogP contribution in [0.4, 0.5) is 0 Å². The van der Waals surface area contributed by atoms with Gasteiger partial charge in [0, 0.05) is 18.7 Å². The van der Waals surface area contributed by atoms with Crippen LogP contribution in [0.5, 0.6) is 5.75 Å². The Balaban J connectivity index is 2.04. The van der Waals surface area contributed by atoms with E-state index in [9.17, 15) is 5.11 Å². The maximum absolute atomic E-state index is 10.5. The molecule has 0 amide bonds. The van der Waals surface area contributed by atoms with Gasteiger partial charge in [0.2, 0.25) is 0 Å². The minimum Gasteiger partial charge on any atom is -0.491 e. The van der Waals surface area contributed by atoms with Gasteiger partial charge in [0.1, 0.15) is 18.5 Å². The average Bonchev–Trinajstić information content (AvgIpc) is 2.45. The molecule has 19 heavy (non-hydrogen) atoms. The molecule has 0 aromatic heterocycles. The zero-order valence-electron chi connectivity index (χ0n) is 11.7. The summed E-state index contributed by atoms with van der Waals surface area (Å²) >= 11 is 0. The second-order valence-corrected chi connectivity index (χ2v) is 4.69. The number of aliphatic hydroxyl groups excluding tert-OH is 1. The van der Waals surface area contributed by atoms with E-state index in [-0.39, 0.29) is 6.04 Å². The molecule has 1 heterocycles. The molecule has 106 valence electrons. The third kappa shape index (κ3) is 3.26. The number of rotatable bonds is 6. The monoisotopic (exact) mass is 265 g/mol. The van der Waals surface area contributed by atoms with Crippen molar-refractivity contribution >= 4 is 0 Å². The predicted octanol–water partition coefficient (Wildman–Crippen LogP) is 1.84. The lowest BCUT2D eigenvalue weighted by molar-refractivity contribution is -0.00644. The van der Waals surface area contributed by atoms with Crippen molar-refractivity contribution in [3.05, 3.63) is 29.8 Å². The summed E-state index contributed by atoms with van der Waals surface area (Å²) in [7, 11) is 0. The van der Waals surface area contributed by atoms with Gasteiger partial charge in [-0.3, -0.25) is 4.90 Å². The Bertz CT molecular complexity index is 397. The molecule has 2 unspecified atom stereocenters. The lowest BCUT2D eigenvalue weighted by atomic mass is 9.98. The van der Waals surface area contributed by atoms with Crippen molar-refractivity contribution in [2.24, 2.45) is 0 Å².